The fourth-order valence-electron chi connectivity index (χ4n) is 1.32. The lowest BCUT2D eigenvalue weighted by atomic mass is 9.87. The maximum atomic E-state index is 3.30. The molecule has 0 aromatic carbocycles. The minimum Gasteiger partial charge on any atom is -0.320 e. The van der Waals surface area contributed by atoms with Crippen molar-refractivity contribution in [1.82, 2.24) is 10.6 Å². The lowest BCUT2D eigenvalue weighted by molar-refractivity contribution is 0.238. The molecule has 1 rings (SSSR count). The van der Waals surface area contributed by atoms with Crippen LogP contribution in [0.4, 0.5) is 0 Å². The van der Waals surface area contributed by atoms with Crippen LogP contribution in [0.25, 0.3) is 0 Å². The quantitative estimate of drug-likeness (QED) is 0.595. The van der Waals surface area contributed by atoms with E-state index in [2.05, 4.69) is 17.6 Å². The highest BCUT2D eigenvalue weighted by atomic mass is 15.0. The Morgan fingerprint density at radius 3 is 2.70 bits per heavy atom. The lowest BCUT2D eigenvalue weighted by Gasteiger charge is -2.32. The van der Waals surface area contributed by atoms with E-state index in [0.29, 0.717) is 0 Å². The van der Waals surface area contributed by atoms with E-state index < -0.39 is 0 Å². The Morgan fingerprint density at radius 2 is 2.30 bits per heavy atom. The summed E-state index contributed by atoms with van der Waals surface area (Å²) in [6, 6.07) is 0. The van der Waals surface area contributed by atoms with Gasteiger partial charge in [-0.15, -0.1) is 0 Å². The van der Waals surface area contributed by atoms with Gasteiger partial charge in [-0.2, -0.15) is 0 Å². The zero-order valence-corrected chi connectivity index (χ0v) is 6.98. The molecule has 1 aliphatic heterocycles. The predicted molar refractivity (Wildman–Crippen MR) is 44.1 cm³/mol. The fourth-order valence-corrected chi connectivity index (χ4v) is 1.32. The Kier molecular flexibility index (Phi) is 3.16. The predicted octanol–water partition coefficient (Wildman–Crippen LogP) is 0.451. The molecule has 1 unspecified atom stereocenters. The second kappa shape index (κ2) is 3.94. The molecule has 0 bridgehead atoms. The minimum atomic E-state index is 0.897. The van der Waals surface area contributed by atoms with Crippen LogP contribution in [0.1, 0.15) is 13.3 Å². The molecule has 2 N–H and O–H groups in total. The molecule has 1 atom stereocenters. The summed E-state index contributed by atoms with van der Waals surface area (Å²) in [5.74, 6) is 1.85. The van der Waals surface area contributed by atoms with E-state index in [4.69, 9.17) is 0 Å². The summed E-state index contributed by atoms with van der Waals surface area (Å²) in [5.41, 5.74) is 0. The van der Waals surface area contributed by atoms with Crippen LogP contribution in [-0.4, -0.2) is 26.7 Å². The normalized spacial score (nSPS) is 22.2. The van der Waals surface area contributed by atoms with Crippen LogP contribution >= 0.6 is 0 Å². The molecule has 1 fully saturated rings. The molecule has 10 heavy (non-hydrogen) atoms. The second-order valence-electron chi connectivity index (χ2n) is 3.29. The maximum absolute atomic E-state index is 3.30. The van der Waals surface area contributed by atoms with E-state index in [0.717, 1.165) is 18.4 Å². The Balaban J connectivity index is 2.02. The summed E-state index contributed by atoms with van der Waals surface area (Å²) in [4.78, 5) is 0. The molecule has 0 amide bonds. The van der Waals surface area contributed by atoms with Crippen molar-refractivity contribution in [1.29, 1.82) is 0 Å². The number of hydrogen-bond acceptors (Lipinski definition) is 2. The zero-order valence-electron chi connectivity index (χ0n) is 6.98. The Labute approximate surface area is 63.4 Å². The van der Waals surface area contributed by atoms with Crippen LogP contribution in [0.15, 0.2) is 0 Å². The van der Waals surface area contributed by atoms with Gasteiger partial charge in [-0.3, -0.25) is 0 Å². The summed E-state index contributed by atoms with van der Waals surface area (Å²) in [5, 5.41) is 6.48. The van der Waals surface area contributed by atoms with Crippen molar-refractivity contribution in [3.63, 3.8) is 0 Å². The van der Waals surface area contributed by atoms with Gasteiger partial charge in [-0.1, -0.05) is 6.92 Å². The van der Waals surface area contributed by atoms with Crippen LogP contribution in [-0.2, 0) is 0 Å². The molecule has 0 radical (unpaired) electrons. The summed E-state index contributed by atoms with van der Waals surface area (Å²) >= 11 is 0. The molecule has 0 spiro atoms. The lowest BCUT2D eigenvalue weighted by Crippen LogP contribution is -2.45. The number of hydrogen-bond donors (Lipinski definition) is 2. The average molecular weight is 142 g/mol. The van der Waals surface area contributed by atoms with Gasteiger partial charge in [-0.05, 0) is 44.9 Å². The molecule has 0 aliphatic carbocycles. The maximum Gasteiger partial charge on any atom is -0.000569 e. The minimum absolute atomic E-state index is 0.897. The first-order valence-electron chi connectivity index (χ1n) is 4.20. The Morgan fingerprint density at radius 1 is 1.60 bits per heavy atom. The SMILES string of the molecule is CNCCC(C)C1CNC1. The van der Waals surface area contributed by atoms with Gasteiger partial charge in [0.15, 0.2) is 0 Å². The van der Waals surface area contributed by atoms with Gasteiger partial charge in [0, 0.05) is 0 Å². The highest BCUT2D eigenvalue weighted by Gasteiger charge is 2.22. The molecule has 2 nitrogen and oxygen atoms in total. The highest BCUT2D eigenvalue weighted by Crippen LogP contribution is 2.18. The summed E-state index contributed by atoms with van der Waals surface area (Å²) < 4.78 is 0. The van der Waals surface area contributed by atoms with E-state index in [9.17, 15) is 0 Å². The van der Waals surface area contributed by atoms with E-state index in [1.807, 2.05) is 7.05 Å². The number of rotatable bonds is 4. The summed E-state index contributed by atoms with van der Waals surface area (Å²) in [6.45, 7) is 6.00. The van der Waals surface area contributed by atoms with E-state index in [1.54, 1.807) is 0 Å². The van der Waals surface area contributed by atoms with E-state index >= 15 is 0 Å². The van der Waals surface area contributed by atoms with Crippen LogP contribution in [0.3, 0.4) is 0 Å². The summed E-state index contributed by atoms with van der Waals surface area (Å²) in [6.07, 6.45) is 1.32. The molecule has 1 saturated heterocycles. The first kappa shape index (κ1) is 8.02. The van der Waals surface area contributed by atoms with Crippen molar-refractivity contribution in [3.05, 3.63) is 0 Å². The van der Waals surface area contributed by atoms with E-state index in [1.165, 1.54) is 19.5 Å². The smallest absolute Gasteiger partial charge is 0.000569 e. The third-order valence-electron chi connectivity index (χ3n) is 2.47. The van der Waals surface area contributed by atoms with Crippen molar-refractivity contribution >= 4 is 0 Å². The standard InChI is InChI=1S/C8H18N2/c1-7(3-4-9-2)8-5-10-6-8/h7-10H,3-6H2,1-2H3. The molecular weight excluding hydrogens is 124 g/mol. The Hall–Kier alpha value is -0.0800. The molecule has 1 aliphatic rings. The van der Waals surface area contributed by atoms with Crippen molar-refractivity contribution in [2.45, 2.75) is 13.3 Å². The van der Waals surface area contributed by atoms with Gasteiger partial charge in [0.05, 0.1) is 0 Å². The first-order chi connectivity index (χ1) is 4.84. The molecular formula is C8H18N2. The van der Waals surface area contributed by atoms with Crippen LogP contribution in [0.5, 0.6) is 0 Å². The molecule has 0 aromatic heterocycles. The summed E-state index contributed by atoms with van der Waals surface area (Å²) in [7, 11) is 2.02. The van der Waals surface area contributed by atoms with Crippen molar-refractivity contribution in [2.75, 3.05) is 26.7 Å². The highest BCUT2D eigenvalue weighted by molar-refractivity contribution is 4.79. The monoisotopic (exact) mass is 142 g/mol. The third-order valence-corrected chi connectivity index (χ3v) is 2.47. The topological polar surface area (TPSA) is 24.1 Å². The van der Waals surface area contributed by atoms with Crippen molar-refractivity contribution in [3.8, 4) is 0 Å². The van der Waals surface area contributed by atoms with Crippen molar-refractivity contribution in [2.24, 2.45) is 11.8 Å². The third kappa shape index (κ3) is 1.96. The van der Waals surface area contributed by atoms with Gasteiger partial charge >= 0.3 is 0 Å². The van der Waals surface area contributed by atoms with Crippen LogP contribution in [0.2, 0.25) is 0 Å². The zero-order chi connectivity index (χ0) is 7.40. The molecule has 60 valence electrons. The molecule has 2 heteroatoms. The van der Waals surface area contributed by atoms with Crippen LogP contribution in [0, 0.1) is 11.8 Å². The first-order valence-corrected chi connectivity index (χ1v) is 4.20. The van der Waals surface area contributed by atoms with Gasteiger partial charge in [0.25, 0.3) is 0 Å². The average Bonchev–Trinajstić information content (AvgIpc) is 1.79. The van der Waals surface area contributed by atoms with Crippen LogP contribution < -0.4 is 10.6 Å². The second-order valence-corrected chi connectivity index (χ2v) is 3.29. The van der Waals surface area contributed by atoms with Crippen molar-refractivity contribution < 1.29 is 0 Å². The molecule has 1 heterocycles. The largest absolute Gasteiger partial charge is 0.320 e. The van der Waals surface area contributed by atoms with E-state index in [-0.39, 0.29) is 0 Å². The molecule has 0 aromatic rings. The Bertz CT molecular complexity index is 89.3. The number of nitrogens with one attached hydrogen (secondary N) is 2. The van der Waals surface area contributed by atoms with Gasteiger partial charge in [0.1, 0.15) is 0 Å². The van der Waals surface area contributed by atoms with Gasteiger partial charge in [-0.25, -0.2) is 0 Å². The molecule has 0 saturated carbocycles. The van der Waals surface area contributed by atoms with Gasteiger partial charge < -0.3 is 10.6 Å². The van der Waals surface area contributed by atoms with Gasteiger partial charge in [0.2, 0.25) is 0 Å². The fraction of sp³-hybridized carbons (Fsp3) is 1.00.